The maximum absolute atomic E-state index is 9.46. The lowest BCUT2D eigenvalue weighted by atomic mass is 10.1. The highest BCUT2D eigenvalue weighted by molar-refractivity contribution is 4.69. The van der Waals surface area contributed by atoms with Gasteiger partial charge >= 0.3 is 0 Å². The molecule has 0 fully saturated rings. The predicted molar refractivity (Wildman–Crippen MR) is 63.9 cm³/mol. The summed E-state index contributed by atoms with van der Waals surface area (Å²) in [6.45, 7) is 9.86. The minimum Gasteiger partial charge on any atom is -0.368 e. The van der Waals surface area contributed by atoms with Crippen LogP contribution < -0.4 is 5.32 Å². The summed E-state index contributed by atoms with van der Waals surface area (Å²) in [5.74, 6) is 0. The van der Waals surface area contributed by atoms with Gasteiger partial charge in [-0.15, -0.1) is 0 Å². The van der Waals surface area contributed by atoms with Gasteiger partial charge < -0.3 is 15.2 Å². The molecule has 0 aromatic heterocycles. The second-order valence-corrected chi connectivity index (χ2v) is 5.00. The van der Waals surface area contributed by atoms with Crippen LogP contribution in [-0.2, 0) is 4.74 Å². The smallest absolute Gasteiger partial charge is 0.154 e. The fraction of sp³-hybridized carbons (Fsp3) is 1.00. The number of hydrogen-bond donors (Lipinski definition) is 2. The van der Waals surface area contributed by atoms with Crippen molar-refractivity contribution in [2.24, 2.45) is 0 Å². The van der Waals surface area contributed by atoms with Crippen LogP contribution in [0.3, 0.4) is 0 Å². The quantitative estimate of drug-likeness (QED) is 0.484. The van der Waals surface area contributed by atoms with Gasteiger partial charge in [0.1, 0.15) is 0 Å². The molecule has 0 aromatic rings. The third-order valence-corrected chi connectivity index (χ3v) is 2.12. The van der Waals surface area contributed by atoms with Crippen LogP contribution in [0.5, 0.6) is 0 Å². The summed E-state index contributed by atoms with van der Waals surface area (Å²) < 4.78 is 5.28. The molecule has 0 aliphatic carbocycles. The van der Waals surface area contributed by atoms with Crippen molar-refractivity contribution in [3.63, 3.8) is 0 Å². The highest BCUT2D eigenvalue weighted by Crippen LogP contribution is 2.04. The minimum atomic E-state index is -0.585. The molecule has 0 bridgehead atoms. The summed E-state index contributed by atoms with van der Waals surface area (Å²) in [5, 5.41) is 12.8. The SMILES string of the molecule is CCCCCC(O)OCCNC(C)(C)C. The third kappa shape index (κ3) is 11.8. The molecule has 0 saturated carbocycles. The Hall–Kier alpha value is -0.120. The topological polar surface area (TPSA) is 41.5 Å². The van der Waals surface area contributed by atoms with Gasteiger partial charge in [-0.05, 0) is 33.6 Å². The number of unbranched alkanes of at least 4 members (excludes halogenated alkanes) is 2. The molecule has 0 aliphatic rings. The van der Waals surface area contributed by atoms with Crippen LogP contribution in [0.4, 0.5) is 0 Å². The molecule has 0 amide bonds. The van der Waals surface area contributed by atoms with Crippen LogP contribution in [-0.4, -0.2) is 30.1 Å². The van der Waals surface area contributed by atoms with E-state index in [4.69, 9.17) is 4.74 Å². The lowest BCUT2D eigenvalue weighted by Gasteiger charge is -2.21. The predicted octanol–water partition coefficient (Wildman–Crippen LogP) is 2.29. The van der Waals surface area contributed by atoms with Gasteiger partial charge in [0.05, 0.1) is 6.61 Å². The Bertz CT molecular complexity index is 143. The molecule has 0 aliphatic heterocycles. The van der Waals surface area contributed by atoms with Crippen molar-refractivity contribution < 1.29 is 9.84 Å². The second kappa shape index (κ2) is 8.08. The van der Waals surface area contributed by atoms with E-state index in [-0.39, 0.29) is 5.54 Å². The Morgan fingerprint density at radius 1 is 1.27 bits per heavy atom. The van der Waals surface area contributed by atoms with E-state index < -0.39 is 6.29 Å². The molecule has 92 valence electrons. The molecule has 2 N–H and O–H groups in total. The molecule has 0 radical (unpaired) electrons. The molecule has 0 rings (SSSR count). The summed E-state index contributed by atoms with van der Waals surface area (Å²) in [5.41, 5.74) is 0.122. The zero-order valence-electron chi connectivity index (χ0n) is 10.7. The van der Waals surface area contributed by atoms with Gasteiger partial charge in [-0.2, -0.15) is 0 Å². The summed E-state index contributed by atoms with van der Waals surface area (Å²) in [4.78, 5) is 0. The molecular formula is C12H27NO2. The standard InChI is InChI=1S/C12H27NO2/c1-5-6-7-8-11(14)15-10-9-13-12(2,3)4/h11,13-14H,5-10H2,1-4H3. The molecule has 15 heavy (non-hydrogen) atoms. The van der Waals surface area contributed by atoms with Gasteiger partial charge in [-0.3, -0.25) is 0 Å². The van der Waals surface area contributed by atoms with E-state index >= 15 is 0 Å². The Kier molecular flexibility index (Phi) is 8.02. The second-order valence-electron chi connectivity index (χ2n) is 5.00. The van der Waals surface area contributed by atoms with E-state index in [1.807, 2.05) is 0 Å². The van der Waals surface area contributed by atoms with Gasteiger partial charge in [-0.1, -0.05) is 19.8 Å². The van der Waals surface area contributed by atoms with E-state index in [0.29, 0.717) is 6.61 Å². The Morgan fingerprint density at radius 2 is 1.93 bits per heavy atom. The summed E-state index contributed by atoms with van der Waals surface area (Å²) >= 11 is 0. The van der Waals surface area contributed by atoms with Crippen molar-refractivity contribution in [2.45, 2.75) is 65.2 Å². The van der Waals surface area contributed by atoms with Gasteiger partial charge in [0, 0.05) is 12.1 Å². The number of nitrogens with one attached hydrogen (secondary N) is 1. The molecule has 3 nitrogen and oxygen atoms in total. The lowest BCUT2D eigenvalue weighted by Crippen LogP contribution is -2.38. The number of aliphatic hydroxyl groups is 1. The van der Waals surface area contributed by atoms with Gasteiger partial charge in [0.2, 0.25) is 0 Å². The minimum absolute atomic E-state index is 0.122. The van der Waals surface area contributed by atoms with Crippen molar-refractivity contribution in [1.29, 1.82) is 0 Å². The van der Waals surface area contributed by atoms with Gasteiger partial charge in [-0.25, -0.2) is 0 Å². The highest BCUT2D eigenvalue weighted by atomic mass is 16.6. The van der Waals surface area contributed by atoms with E-state index in [1.54, 1.807) is 0 Å². The number of hydrogen-bond acceptors (Lipinski definition) is 3. The third-order valence-electron chi connectivity index (χ3n) is 2.12. The Labute approximate surface area is 94.2 Å². The van der Waals surface area contributed by atoms with Crippen molar-refractivity contribution in [2.75, 3.05) is 13.2 Å². The van der Waals surface area contributed by atoms with Crippen LogP contribution >= 0.6 is 0 Å². The summed E-state index contributed by atoms with van der Waals surface area (Å²) in [6.07, 6.45) is 3.56. The van der Waals surface area contributed by atoms with E-state index in [2.05, 4.69) is 33.0 Å². The zero-order chi connectivity index (χ0) is 11.7. The van der Waals surface area contributed by atoms with E-state index in [9.17, 15) is 5.11 Å². The van der Waals surface area contributed by atoms with E-state index in [0.717, 1.165) is 19.4 Å². The first-order valence-electron chi connectivity index (χ1n) is 6.00. The average Bonchev–Trinajstić information content (AvgIpc) is 2.11. The zero-order valence-corrected chi connectivity index (χ0v) is 10.7. The van der Waals surface area contributed by atoms with E-state index in [1.165, 1.54) is 12.8 Å². The first kappa shape index (κ1) is 14.9. The highest BCUT2D eigenvalue weighted by Gasteiger charge is 2.08. The molecule has 3 heteroatoms. The monoisotopic (exact) mass is 217 g/mol. The van der Waals surface area contributed by atoms with Crippen LogP contribution in [0.15, 0.2) is 0 Å². The number of rotatable bonds is 8. The maximum atomic E-state index is 9.46. The summed E-state index contributed by atoms with van der Waals surface area (Å²) in [6, 6.07) is 0. The van der Waals surface area contributed by atoms with Crippen LogP contribution in [0.1, 0.15) is 53.4 Å². The molecule has 0 aromatic carbocycles. The van der Waals surface area contributed by atoms with Gasteiger partial charge in [0.25, 0.3) is 0 Å². The fourth-order valence-electron chi connectivity index (χ4n) is 1.27. The molecule has 0 heterocycles. The largest absolute Gasteiger partial charge is 0.368 e. The van der Waals surface area contributed by atoms with Crippen LogP contribution in [0.2, 0.25) is 0 Å². The molecular weight excluding hydrogens is 190 g/mol. The average molecular weight is 217 g/mol. The van der Waals surface area contributed by atoms with Crippen molar-refractivity contribution in [1.82, 2.24) is 5.32 Å². The molecule has 1 unspecified atom stereocenters. The molecule has 1 atom stereocenters. The molecule has 0 spiro atoms. The van der Waals surface area contributed by atoms with Crippen LogP contribution in [0, 0.1) is 0 Å². The number of ether oxygens (including phenoxy) is 1. The molecule has 0 saturated heterocycles. The van der Waals surface area contributed by atoms with Crippen LogP contribution in [0.25, 0.3) is 0 Å². The normalized spacial score (nSPS) is 14.2. The lowest BCUT2D eigenvalue weighted by molar-refractivity contribution is -0.103. The van der Waals surface area contributed by atoms with Crippen molar-refractivity contribution in [3.05, 3.63) is 0 Å². The first-order chi connectivity index (χ1) is 6.95. The summed E-state index contributed by atoms with van der Waals surface area (Å²) in [7, 11) is 0. The first-order valence-corrected chi connectivity index (χ1v) is 6.00. The fourth-order valence-corrected chi connectivity index (χ4v) is 1.27. The maximum Gasteiger partial charge on any atom is 0.154 e. The van der Waals surface area contributed by atoms with Gasteiger partial charge in [0.15, 0.2) is 6.29 Å². The van der Waals surface area contributed by atoms with Crippen molar-refractivity contribution in [3.8, 4) is 0 Å². The van der Waals surface area contributed by atoms with Crippen molar-refractivity contribution >= 4 is 0 Å². The Balaban J connectivity index is 3.27. The number of aliphatic hydroxyl groups excluding tert-OH is 1. The Morgan fingerprint density at radius 3 is 2.47 bits per heavy atom.